The second-order valence-electron chi connectivity index (χ2n) is 4.81. The van der Waals surface area contributed by atoms with Crippen molar-refractivity contribution in [1.82, 2.24) is 10.2 Å². The molecule has 0 spiro atoms. The predicted octanol–water partition coefficient (Wildman–Crippen LogP) is 1.69. The monoisotopic (exact) mass is 267 g/mol. The Hall–Kier alpha value is -1.57. The third kappa shape index (κ3) is 4.90. The van der Waals surface area contributed by atoms with Gasteiger partial charge in [0.15, 0.2) is 0 Å². The van der Waals surface area contributed by atoms with Gasteiger partial charge in [-0.25, -0.2) is 0 Å². The van der Waals surface area contributed by atoms with E-state index < -0.39 is 5.41 Å². The molecule has 108 valence electrons. The Kier molecular flexibility index (Phi) is 7.81. The van der Waals surface area contributed by atoms with Crippen LogP contribution in [0.25, 0.3) is 0 Å². The maximum Gasteiger partial charge on any atom is 0.243 e. The van der Waals surface area contributed by atoms with Gasteiger partial charge in [0.1, 0.15) is 5.41 Å². The number of hydrogen-bond donors (Lipinski definition) is 1. The molecule has 0 atom stereocenters. The molecule has 0 radical (unpaired) electrons. The first-order valence-electron chi connectivity index (χ1n) is 6.90. The van der Waals surface area contributed by atoms with Gasteiger partial charge >= 0.3 is 0 Å². The molecule has 5 heteroatoms. The number of nitrogens with one attached hydrogen (secondary N) is 1. The summed E-state index contributed by atoms with van der Waals surface area (Å²) in [6.07, 6.45) is 2.62. The van der Waals surface area contributed by atoms with E-state index in [9.17, 15) is 14.9 Å². The van der Waals surface area contributed by atoms with Crippen molar-refractivity contribution in [1.29, 1.82) is 5.26 Å². The van der Waals surface area contributed by atoms with E-state index in [1.165, 1.54) is 4.90 Å². The molecule has 1 N–H and O–H groups in total. The van der Waals surface area contributed by atoms with Crippen molar-refractivity contribution < 1.29 is 9.59 Å². The molecule has 0 bridgehead atoms. The van der Waals surface area contributed by atoms with Crippen molar-refractivity contribution >= 4 is 11.8 Å². The van der Waals surface area contributed by atoms with Crippen molar-refractivity contribution in [3.63, 3.8) is 0 Å². The van der Waals surface area contributed by atoms with Gasteiger partial charge in [-0.1, -0.05) is 26.7 Å². The molecule has 0 rings (SSSR count). The topological polar surface area (TPSA) is 73.2 Å². The fourth-order valence-corrected chi connectivity index (χ4v) is 2.26. The van der Waals surface area contributed by atoms with Gasteiger partial charge in [0.05, 0.1) is 12.6 Å². The maximum absolute atomic E-state index is 12.4. The highest BCUT2D eigenvalue weighted by atomic mass is 16.2. The van der Waals surface area contributed by atoms with Gasteiger partial charge in [-0.3, -0.25) is 9.59 Å². The molecule has 0 unspecified atom stereocenters. The van der Waals surface area contributed by atoms with Gasteiger partial charge in [-0.2, -0.15) is 5.26 Å². The Bertz CT molecular complexity index is 341. The number of nitriles is 1. The quantitative estimate of drug-likeness (QED) is 0.727. The van der Waals surface area contributed by atoms with E-state index in [1.54, 1.807) is 7.05 Å². The van der Waals surface area contributed by atoms with E-state index in [1.807, 2.05) is 20.8 Å². The van der Waals surface area contributed by atoms with Crippen LogP contribution < -0.4 is 5.32 Å². The van der Waals surface area contributed by atoms with Crippen LogP contribution in [0.15, 0.2) is 0 Å². The van der Waals surface area contributed by atoms with Crippen LogP contribution in [-0.2, 0) is 9.59 Å². The molecule has 0 aromatic carbocycles. The van der Waals surface area contributed by atoms with Gasteiger partial charge < -0.3 is 10.2 Å². The zero-order chi connectivity index (χ0) is 14.9. The Morgan fingerprint density at radius 1 is 1.21 bits per heavy atom. The highest BCUT2D eigenvalue weighted by Crippen LogP contribution is 2.31. The van der Waals surface area contributed by atoms with Crippen molar-refractivity contribution in [2.45, 2.75) is 46.5 Å². The summed E-state index contributed by atoms with van der Waals surface area (Å²) in [4.78, 5) is 25.3. The molecule has 0 saturated carbocycles. The summed E-state index contributed by atoms with van der Waals surface area (Å²) in [6.45, 7) is 6.28. The van der Waals surface area contributed by atoms with E-state index in [0.29, 0.717) is 19.4 Å². The molecule has 0 saturated heterocycles. The largest absolute Gasteiger partial charge is 0.355 e. The molecule has 0 aromatic heterocycles. The SMILES string of the molecule is CCCC(C#N)(CCC)C(=O)N(C)CC(=O)NCC. The zero-order valence-electron chi connectivity index (χ0n) is 12.5. The zero-order valence-corrected chi connectivity index (χ0v) is 12.5. The van der Waals surface area contributed by atoms with Crippen LogP contribution in [-0.4, -0.2) is 36.9 Å². The first kappa shape index (κ1) is 17.4. The summed E-state index contributed by atoms with van der Waals surface area (Å²) >= 11 is 0. The van der Waals surface area contributed by atoms with Crippen molar-refractivity contribution in [2.75, 3.05) is 20.1 Å². The van der Waals surface area contributed by atoms with Gasteiger partial charge in [-0.15, -0.1) is 0 Å². The summed E-state index contributed by atoms with van der Waals surface area (Å²) in [5.74, 6) is -0.442. The summed E-state index contributed by atoms with van der Waals surface area (Å²) < 4.78 is 0. The fraction of sp³-hybridized carbons (Fsp3) is 0.786. The second-order valence-corrected chi connectivity index (χ2v) is 4.81. The molecule has 0 aliphatic carbocycles. The molecule has 0 heterocycles. The maximum atomic E-state index is 12.4. The first-order valence-corrected chi connectivity index (χ1v) is 6.90. The average Bonchev–Trinajstić information content (AvgIpc) is 2.37. The number of nitrogens with zero attached hydrogens (tertiary/aromatic N) is 2. The van der Waals surface area contributed by atoms with Crippen LogP contribution >= 0.6 is 0 Å². The van der Waals surface area contributed by atoms with Crippen LogP contribution in [0.2, 0.25) is 0 Å². The molecule has 0 aliphatic rings. The summed E-state index contributed by atoms with van der Waals surface area (Å²) in [6, 6.07) is 2.18. The summed E-state index contributed by atoms with van der Waals surface area (Å²) in [5.41, 5.74) is -0.981. The predicted molar refractivity (Wildman–Crippen MR) is 74.2 cm³/mol. The van der Waals surface area contributed by atoms with Crippen LogP contribution in [0, 0.1) is 16.7 Å². The lowest BCUT2D eigenvalue weighted by Crippen LogP contribution is -2.45. The second kappa shape index (κ2) is 8.52. The minimum absolute atomic E-state index is 0.00350. The van der Waals surface area contributed by atoms with E-state index >= 15 is 0 Å². The number of carbonyl (C=O) groups is 2. The molecule has 2 amide bonds. The lowest BCUT2D eigenvalue weighted by atomic mass is 9.79. The van der Waals surface area contributed by atoms with Gasteiger partial charge in [0, 0.05) is 13.6 Å². The van der Waals surface area contributed by atoms with Gasteiger partial charge in [-0.05, 0) is 19.8 Å². The molecule has 5 nitrogen and oxygen atoms in total. The third-order valence-corrected chi connectivity index (χ3v) is 3.08. The fourth-order valence-electron chi connectivity index (χ4n) is 2.26. The smallest absolute Gasteiger partial charge is 0.243 e. The van der Waals surface area contributed by atoms with Gasteiger partial charge in [0.25, 0.3) is 0 Å². The van der Waals surface area contributed by atoms with Crippen LogP contribution in [0.5, 0.6) is 0 Å². The number of likely N-dealkylation sites (N-methyl/N-ethyl adjacent to an activating group) is 2. The standard InChI is InChI=1S/C14H25N3O2/c1-5-8-14(11-15,9-6-2)13(19)17(4)10-12(18)16-7-3/h5-10H2,1-4H3,(H,16,18). The molecule has 0 aromatic rings. The first-order chi connectivity index (χ1) is 8.97. The van der Waals surface area contributed by atoms with Crippen LogP contribution in [0.4, 0.5) is 0 Å². The van der Waals surface area contributed by atoms with E-state index in [4.69, 9.17) is 0 Å². The molecule has 0 aliphatic heterocycles. The third-order valence-electron chi connectivity index (χ3n) is 3.08. The van der Waals surface area contributed by atoms with Crippen molar-refractivity contribution in [2.24, 2.45) is 5.41 Å². The number of hydrogen-bond acceptors (Lipinski definition) is 3. The molecular formula is C14H25N3O2. The molecule has 19 heavy (non-hydrogen) atoms. The number of amides is 2. The number of carbonyl (C=O) groups excluding carboxylic acids is 2. The minimum Gasteiger partial charge on any atom is -0.355 e. The lowest BCUT2D eigenvalue weighted by molar-refractivity contribution is -0.141. The summed E-state index contributed by atoms with van der Waals surface area (Å²) in [5, 5.41) is 12.0. The minimum atomic E-state index is -0.981. The Labute approximate surface area is 116 Å². The van der Waals surface area contributed by atoms with E-state index in [2.05, 4.69) is 11.4 Å². The highest BCUT2D eigenvalue weighted by Gasteiger charge is 2.39. The van der Waals surface area contributed by atoms with E-state index in [0.717, 1.165) is 12.8 Å². The number of rotatable bonds is 8. The Morgan fingerprint density at radius 3 is 2.11 bits per heavy atom. The van der Waals surface area contributed by atoms with Crippen molar-refractivity contribution in [3.8, 4) is 6.07 Å². The van der Waals surface area contributed by atoms with Gasteiger partial charge in [0.2, 0.25) is 11.8 Å². The summed E-state index contributed by atoms with van der Waals surface area (Å²) in [7, 11) is 1.58. The molecular weight excluding hydrogens is 242 g/mol. The van der Waals surface area contributed by atoms with Crippen molar-refractivity contribution in [3.05, 3.63) is 0 Å². The molecule has 0 fully saturated rings. The van der Waals surface area contributed by atoms with Crippen LogP contribution in [0.1, 0.15) is 46.5 Å². The van der Waals surface area contributed by atoms with E-state index in [-0.39, 0.29) is 18.4 Å². The highest BCUT2D eigenvalue weighted by molar-refractivity contribution is 5.89. The van der Waals surface area contributed by atoms with Crippen LogP contribution in [0.3, 0.4) is 0 Å². The Balaban J connectivity index is 4.89. The lowest BCUT2D eigenvalue weighted by Gasteiger charge is -2.29. The average molecular weight is 267 g/mol. The Morgan fingerprint density at radius 2 is 1.74 bits per heavy atom. The normalized spacial score (nSPS) is 10.7.